The molecule has 0 spiro atoms. The van der Waals surface area contributed by atoms with Gasteiger partial charge in [0, 0.05) is 0 Å². The monoisotopic (exact) mass is 334 g/mol. The lowest BCUT2D eigenvalue weighted by Crippen LogP contribution is -2.08. The zero-order valence-electron chi connectivity index (χ0n) is 13.9. The predicted molar refractivity (Wildman–Crippen MR) is 104 cm³/mol. The van der Waals surface area contributed by atoms with Crippen LogP contribution in [0.2, 0.25) is 0 Å². The molecule has 0 bridgehead atoms. The smallest absolute Gasteiger partial charge is 0.00953 e. The van der Waals surface area contributed by atoms with E-state index in [1.807, 2.05) is 0 Å². The molecule has 2 atom stereocenters. The number of benzene rings is 1. The van der Waals surface area contributed by atoms with Crippen molar-refractivity contribution < 1.29 is 0 Å². The average molecular weight is 334 g/mol. The molecule has 2 heteroatoms. The minimum absolute atomic E-state index is 1.04. The summed E-state index contributed by atoms with van der Waals surface area (Å²) in [7, 11) is 2.34. The fraction of sp³-hybridized carbons (Fsp3) is 0.700. The third-order valence-electron chi connectivity index (χ3n) is 5.49. The molecule has 122 valence electrons. The minimum atomic E-state index is 1.04. The molecule has 2 unspecified atom stereocenters. The van der Waals surface area contributed by atoms with E-state index < -0.39 is 0 Å². The minimum Gasteiger partial charge on any atom is -0.114 e. The summed E-state index contributed by atoms with van der Waals surface area (Å²) in [5, 5.41) is 0. The molecule has 3 rings (SSSR count). The van der Waals surface area contributed by atoms with E-state index in [4.69, 9.17) is 0 Å². The highest BCUT2D eigenvalue weighted by molar-refractivity contribution is 7.38. The molecule has 1 aromatic rings. The molecule has 1 aromatic carbocycles. The van der Waals surface area contributed by atoms with Crippen molar-refractivity contribution in [1.29, 1.82) is 0 Å². The Morgan fingerprint density at radius 1 is 0.636 bits per heavy atom. The molecule has 0 aromatic heterocycles. The highest BCUT2D eigenvalue weighted by Crippen LogP contribution is 2.39. The Kier molecular flexibility index (Phi) is 7.23. The van der Waals surface area contributed by atoms with E-state index in [2.05, 4.69) is 24.3 Å². The van der Waals surface area contributed by atoms with Crippen LogP contribution in [0.25, 0.3) is 0 Å². The normalized spacial score (nSPS) is 22.2. The second-order valence-corrected chi connectivity index (χ2v) is 10.4. The SMILES string of the molecule is c1ccc(CPC2CCCCC2)c(CPC2CCCCC2)c1. The van der Waals surface area contributed by atoms with Crippen LogP contribution in [0.15, 0.2) is 24.3 Å². The summed E-state index contributed by atoms with van der Waals surface area (Å²) in [5.74, 6) is 0. The van der Waals surface area contributed by atoms with Crippen molar-refractivity contribution in [3.8, 4) is 0 Å². The third-order valence-corrected chi connectivity index (χ3v) is 8.97. The maximum atomic E-state index is 2.41. The van der Waals surface area contributed by atoms with Gasteiger partial charge in [0.1, 0.15) is 0 Å². The van der Waals surface area contributed by atoms with Crippen LogP contribution in [-0.4, -0.2) is 11.3 Å². The van der Waals surface area contributed by atoms with Gasteiger partial charge >= 0.3 is 0 Å². The van der Waals surface area contributed by atoms with E-state index in [1.165, 1.54) is 93.7 Å². The van der Waals surface area contributed by atoms with Crippen LogP contribution in [0, 0.1) is 0 Å². The lowest BCUT2D eigenvalue weighted by atomic mass is 10.0. The summed E-state index contributed by atoms with van der Waals surface area (Å²) in [6.07, 6.45) is 17.7. The summed E-state index contributed by atoms with van der Waals surface area (Å²) in [6.45, 7) is 0. The molecule has 0 heterocycles. The Hall–Kier alpha value is 0.0800. The van der Waals surface area contributed by atoms with Gasteiger partial charge in [0.25, 0.3) is 0 Å². The molecule has 22 heavy (non-hydrogen) atoms. The van der Waals surface area contributed by atoms with Crippen molar-refractivity contribution in [3.05, 3.63) is 35.4 Å². The summed E-state index contributed by atoms with van der Waals surface area (Å²) in [5.41, 5.74) is 5.44. The molecule has 0 radical (unpaired) electrons. The standard InChI is InChI=1S/C20H32P2/c1-3-11-19(12-4-1)21-15-17-9-7-8-10-18(17)16-22-20-13-5-2-6-14-20/h7-10,19-22H,1-6,11-16H2. The highest BCUT2D eigenvalue weighted by atomic mass is 31.1. The van der Waals surface area contributed by atoms with Gasteiger partial charge in [-0.3, -0.25) is 0 Å². The molecule has 0 aliphatic heterocycles. The van der Waals surface area contributed by atoms with Crippen molar-refractivity contribution >= 4 is 17.2 Å². The van der Waals surface area contributed by atoms with Crippen LogP contribution < -0.4 is 0 Å². The first-order valence-electron chi connectivity index (χ1n) is 9.45. The molecular formula is C20H32P2. The van der Waals surface area contributed by atoms with Crippen LogP contribution in [0.3, 0.4) is 0 Å². The lowest BCUT2D eigenvalue weighted by molar-refractivity contribution is 0.513. The number of rotatable bonds is 6. The molecule has 0 saturated heterocycles. The van der Waals surface area contributed by atoms with Crippen molar-refractivity contribution in [3.63, 3.8) is 0 Å². The van der Waals surface area contributed by atoms with E-state index in [1.54, 1.807) is 11.1 Å². The Labute approximate surface area is 140 Å². The zero-order chi connectivity index (χ0) is 15.0. The fourth-order valence-corrected chi connectivity index (χ4v) is 7.36. The Morgan fingerprint density at radius 2 is 1.05 bits per heavy atom. The van der Waals surface area contributed by atoms with E-state index in [0.717, 1.165) is 11.3 Å². The van der Waals surface area contributed by atoms with Crippen LogP contribution in [-0.2, 0) is 12.3 Å². The van der Waals surface area contributed by atoms with Crippen molar-refractivity contribution in [2.45, 2.75) is 87.9 Å². The van der Waals surface area contributed by atoms with E-state index in [9.17, 15) is 0 Å². The first kappa shape index (κ1) is 16.9. The summed E-state index contributed by atoms with van der Waals surface area (Å²) in [6, 6.07) is 9.34. The van der Waals surface area contributed by atoms with Gasteiger partial charge in [0.15, 0.2) is 0 Å². The largest absolute Gasteiger partial charge is 0.114 e. The Balaban J connectivity index is 1.50. The van der Waals surface area contributed by atoms with Crippen molar-refractivity contribution in [2.75, 3.05) is 0 Å². The van der Waals surface area contributed by atoms with Crippen molar-refractivity contribution in [2.24, 2.45) is 0 Å². The molecule has 0 nitrogen and oxygen atoms in total. The molecule has 0 N–H and O–H groups in total. The van der Waals surface area contributed by atoms with Crippen LogP contribution >= 0.6 is 17.2 Å². The molecule has 0 amide bonds. The van der Waals surface area contributed by atoms with Crippen LogP contribution in [0.5, 0.6) is 0 Å². The molecule has 2 aliphatic rings. The van der Waals surface area contributed by atoms with Gasteiger partial charge in [-0.25, -0.2) is 0 Å². The molecule has 2 saturated carbocycles. The van der Waals surface area contributed by atoms with Gasteiger partial charge in [-0.15, -0.1) is 17.2 Å². The Bertz CT molecular complexity index is 390. The molecule has 2 fully saturated rings. The second-order valence-electron chi connectivity index (χ2n) is 7.20. The van der Waals surface area contributed by atoms with Gasteiger partial charge in [-0.1, -0.05) is 62.8 Å². The zero-order valence-corrected chi connectivity index (χ0v) is 15.9. The quantitative estimate of drug-likeness (QED) is 0.507. The van der Waals surface area contributed by atoms with Crippen LogP contribution in [0.4, 0.5) is 0 Å². The number of hydrogen-bond donors (Lipinski definition) is 0. The highest BCUT2D eigenvalue weighted by Gasteiger charge is 2.15. The second kappa shape index (κ2) is 9.39. The topological polar surface area (TPSA) is 0 Å². The van der Waals surface area contributed by atoms with E-state index >= 15 is 0 Å². The average Bonchev–Trinajstić information content (AvgIpc) is 2.61. The van der Waals surface area contributed by atoms with Crippen molar-refractivity contribution in [1.82, 2.24) is 0 Å². The first-order valence-corrected chi connectivity index (χ1v) is 12.0. The van der Waals surface area contributed by atoms with E-state index in [0.29, 0.717) is 0 Å². The first-order chi connectivity index (χ1) is 10.9. The van der Waals surface area contributed by atoms with Gasteiger partial charge in [0.2, 0.25) is 0 Å². The number of hydrogen-bond acceptors (Lipinski definition) is 0. The molecule has 2 aliphatic carbocycles. The maximum absolute atomic E-state index is 2.41. The fourth-order valence-electron chi connectivity index (χ4n) is 4.02. The predicted octanol–water partition coefficient (Wildman–Crippen LogP) is 6.71. The molecular weight excluding hydrogens is 302 g/mol. The third kappa shape index (κ3) is 5.32. The maximum Gasteiger partial charge on any atom is -0.00953 e. The van der Waals surface area contributed by atoms with Gasteiger partial charge in [0.05, 0.1) is 0 Å². The summed E-state index contributed by atoms with van der Waals surface area (Å²) in [4.78, 5) is 0. The van der Waals surface area contributed by atoms with Gasteiger partial charge in [-0.2, -0.15) is 0 Å². The summed E-state index contributed by atoms with van der Waals surface area (Å²) < 4.78 is 0. The van der Waals surface area contributed by atoms with Gasteiger partial charge in [-0.05, 0) is 60.5 Å². The van der Waals surface area contributed by atoms with Gasteiger partial charge < -0.3 is 0 Å². The lowest BCUT2D eigenvalue weighted by Gasteiger charge is -2.23. The Morgan fingerprint density at radius 3 is 1.45 bits per heavy atom. The van der Waals surface area contributed by atoms with E-state index in [-0.39, 0.29) is 0 Å². The summed E-state index contributed by atoms with van der Waals surface area (Å²) >= 11 is 0. The van der Waals surface area contributed by atoms with Crippen LogP contribution in [0.1, 0.15) is 75.3 Å².